The molecule has 9 nitrogen and oxygen atoms in total. The van der Waals surface area contributed by atoms with Gasteiger partial charge in [0.2, 0.25) is 11.8 Å². The van der Waals surface area contributed by atoms with E-state index in [0.29, 0.717) is 43.9 Å². The van der Waals surface area contributed by atoms with Crippen molar-refractivity contribution in [2.75, 3.05) is 45.0 Å². The number of piperidine rings is 1. The SMILES string of the molecule is CC(=O)N1CCc2c(c(-c3ccc(C(F)(F)F)c(SCC(=O)N4CCCC4)c3)nn2CC(O)CN2CCC(C(C)(C)O)CC2)C1. The lowest BCUT2D eigenvalue weighted by molar-refractivity contribution is -0.139. The molecule has 3 aliphatic heterocycles. The number of thioether (sulfide) groups is 1. The molecule has 3 aliphatic rings. The molecule has 13 heteroatoms. The van der Waals surface area contributed by atoms with Crippen LogP contribution in [0.4, 0.5) is 13.2 Å². The van der Waals surface area contributed by atoms with Crippen LogP contribution >= 0.6 is 11.8 Å². The second-order valence-corrected chi connectivity index (χ2v) is 14.1. The Hall–Kier alpha value is -2.61. The lowest BCUT2D eigenvalue weighted by atomic mass is 9.83. The predicted octanol–water partition coefficient (Wildman–Crippen LogP) is 4.03. The number of likely N-dealkylation sites (tertiary alicyclic amines) is 2. The highest BCUT2D eigenvalue weighted by Crippen LogP contribution is 2.40. The molecule has 2 aromatic rings. The first-order valence-corrected chi connectivity index (χ1v) is 16.8. The van der Waals surface area contributed by atoms with Crippen LogP contribution in [0.1, 0.15) is 63.3 Å². The van der Waals surface area contributed by atoms with E-state index in [1.807, 2.05) is 13.8 Å². The third-order valence-electron chi connectivity index (χ3n) is 9.39. The first-order valence-electron chi connectivity index (χ1n) is 15.8. The fourth-order valence-corrected chi connectivity index (χ4v) is 7.75. The van der Waals surface area contributed by atoms with Gasteiger partial charge < -0.3 is 24.9 Å². The highest BCUT2D eigenvalue weighted by Gasteiger charge is 2.36. The second-order valence-electron chi connectivity index (χ2n) is 13.1. The number of hydrogen-bond donors (Lipinski definition) is 2. The van der Waals surface area contributed by atoms with Crippen LogP contribution < -0.4 is 0 Å². The van der Waals surface area contributed by atoms with Crippen molar-refractivity contribution in [1.29, 1.82) is 0 Å². The summed E-state index contributed by atoms with van der Waals surface area (Å²) in [6, 6.07) is 3.90. The number of amides is 2. The fourth-order valence-electron chi connectivity index (χ4n) is 6.74. The summed E-state index contributed by atoms with van der Waals surface area (Å²) in [5.74, 6) is -0.150. The van der Waals surface area contributed by atoms with Crippen LogP contribution in [0.2, 0.25) is 0 Å². The number of halogens is 3. The molecule has 5 rings (SSSR count). The van der Waals surface area contributed by atoms with Gasteiger partial charge in [-0.05, 0) is 70.7 Å². The Morgan fingerprint density at radius 2 is 1.73 bits per heavy atom. The van der Waals surface area contributed by atoms with Crippen LogP contribution in [-0.2, 0) is 35.3 Å². The van der Waals surface area contributed by atoms with Crippen molar-refractivity contribution >= 4 is 23.6 Å². The van der Waals surface area contributed by atoms with E-state index in [-0.39, 0.29) is 41.5 Å². The topological polar surface area (TPSA) is 102 Å². The van der Waals surface area contributed by atoms with E-state index in [9.17, 15) is 33.0 Å². The van der Waals surface area contributed by atoms with Crippen LogP contribution in [0.5, 0.6) is 0 Å². The number of rotatable bonds is 9. The highest BCUT2D eigenvalue weighted by molar-refractivity contribution is 8.00. The molecule has 0 aliphatic carbocycles. The number of aliphatic hydroxyl groups excluding tert-OH is 1. The largest absolute Gasteiger partial charge is 0.417 e. The molecule has 1 aromatic carbocycles. The molecule has 2 saturated heterocycles. The van der Waals surface area contributed by atoms with Crippen LogP contribution in [-0.4, -0.2) is 103 Å². The first kappa shape index (κ1) is 33.7. The number of benzene rings is 1. The van der Waals surface area contributed by atoms with Gasteiger partial charge in [-0.1, -0.05) is 6.07 Å². The molecular weight excluding hydrogens is 607 g/mol. The molecular formula is C32H44F3N5O4S. The Balaban J connectivity index is 1.39. The van der Waals surface area contributed by atoms with Gasteiger partial charge in [0.25, 0.3) is 0 Å². The number of carbonyl (C=O) groups is 2. The van der Waals surface area contributed by atoms with Crippen molar-refractivity contribution in [2.24, 2.45) is 5.92 Å². The van der Waals surface area contributed by atoms with E-state index in [1.165, 1.54) is 19.1 Å². The van der Waals surface area contributed by atoms with Gasteiger partial charge in [0.1, 0.15) is 0 Å². The van der Waals surface area contributed by atoms with Crippen molar-refractivity contribution in [2.45, 2.75) is 88.7 Å². The standard InChI is InChI=1S/C32H44F3N5O4S/c1-21(41)39-15-10-27-25(19-39)30(36-40(27)18-24(42)17-37-13-8-23(9-14-37)31(2,3)44)22-6-7-26(32(33,34)35)28(16-22)45-20-29(43)38-11-4-5-12-38/h6-7,16,23-24,42,44H,4-5,8-15,17-20H2,1-3H3. The molecule has 2 amide bonds. The van der Waals surface area contributed by atoms with E-state index in [1.54, 1.807) is 14.5 Å². The number of fused-ring (bicyclic) bond motifs is 1. The maximum absolute atomic E-state index is 14.0. The third-order valence-corrected chi connectivity index (χ3v) is 10.4. The van der Waals surface area contributed by atoms with Crippen molar-refractivity contribution in [3.8, 4) is 11.3 Å². The Kier molecular flexibility index (Phi) is 10.2. The number of alkyl halides is 3. The number of aromatic nitrogens is 2. The van der Waals surface area contributed by atoms with Crippen molar-refractivity contribution in [1.82, 2.24) is 24.5 Å². The quantitative estimate of drug-likeness (QED) is 0.395. The molecule has 2 N–H and O–H groups in total. The average molecular weight is 652 g/mol. The van der Waals surface area contributed by atoms with E-state index >= 15 is 0 Å². The maximum Gasteiger partial charge on any atom is 0.417 e. The number of aliphatic hydroxyl groups is 2. The van der Waals surface area contributed by atoms with Gasteiger partial charge in [-0.25, -0.2) is 0 Å². The predicted molar refractivity (Wildman–Crippen MR) is 165 cm³/mol. The highest BCUT2D eigenvalue weighted by atomic mass is 32.2. The van der Waals surface area contributed by atoms with Gasteiger partial charge in [0.05, 0.1) is 35.3 Å². The van der Waals surface area contributed by atoms with Crippen molar-refractivity contribution in [3.05, 3.63) is 35.0 Å². The van der Waals surface area contributed by atoms with Crippen LogP contribution in [0.15, 0.2) is 23.1 Å². The summed E-state index contributed by atoms with van der Waals surface area (Å²) < 4.78 is 43.8. The van der Waals surface area contributed by atoms with Crippen LogP contribution in [0, 0.1) is 5.92 Å². The van der Waals surface area contributed by atoms with E-state index in [0.717, 1.165) is 67.9 Å². The minimum atomic E-state index is -4.59. The van der Waals surface area contributed by atoms with Gasteiger partial charge >= 0.3 is 6.18 Å². The van der Waals surface area contributed by atoms with Crippen molar-refractivity contribution in [3.63, 3.8) is 0 Å². The zero-order valence-electron chi connectivity index (χ0n) is 26.3. The molecule has 0 saturated carbocycles. The second kappa shape index (κ2) is 13.6. The van der Waals surface area contributed by atoms with E-state index < -0.39 is 23.4 Å². The first-order chi connectivity index (χ1) is 21.2. The molecule has 0 bridgehead atoms. The third kappa shape index (κ3) is 8.04. The minimum absolute atomic E-state index is 0.0374. The number of hydrogen-bond acceptors (Lipinski definition) is 7. The molecule has 1 atom stereocenters. The zero-order chi connectivity index (χ0) is 32.5. The van der Waals surface area contributed by atoms with Gasteiger partial charge in [-0.15, -0.1) is 11.8 Å². The summed E-state index contributed by atoms with van der Waals surface area (Å²) in [5.41, 5.74) is 1.05. The van der Waals surface area contributed by atoms with Gasteiger partial charge in [0, 0.05) is 67.8 Å². The fraction of sp³-hybridized carbons (Fsp3) is 0.656. The summed E-state index contributed by atoms with van der Waals surface area (Å²) in [6.07, 6.45) is -1.32. The van der Waals surface area contributed by atoms with Crippen LogP contribution in [0.3, 0.4) is 0 Å². The average Bonchev–Trinajstić information content (AvgIpc) is 3.64. The minimum Gasteiger partial charge on any atom is -0.390 e. The summed E-state index contributed by atoms with van der Waals surface area (Å²) in [4.78, 5) is 30.5. The summed E-state index contributed by atoms with van der Waals surface area (Å²) >= 11 is 0.887. The molecule has 1 aromatic heterocycles. The number of β-amino-alcohol motifs (C(OH)–C–C–N with tert-alkyl or cyclic N) is 1. The van der Waals surface area contributed by atoms with Crippen LogP contribution in [0.25, 0.3) is 11.3 Å². The van der Waals surface area contributed by atoms with E-state index in [4.69, 9.17) is 5.10 Å². The van der Waals surface area contributed by atoms with Gasteiger partial charge in [0.15, 0.2) is 0 Å². The normalized spacial score (nSPS) is 19.2. The smallest absolute Gasteiger partial charge is 0.390 e. The summed E-state index contributed by atoms with van der Waals surface area (Å²) in [6.45, 7) is 9.37. The van der Waals surface area contributed by atoms with Crippen molar-refractivity contribution < 1.29 is 33.0 Å². The number of nitrogens with zero attached hydrogens (tertiary/aromatic N) is 5. The summed E-state index contributed by atoms with van der Waals surface area (Å²) in [5, 5.41) is 26.3. The molecule has 0 spiro atoms. The van der Waals surface area contributed by atoms with E-state index in [2.05, 4.69) is 4.90 Å². The Morgan fingerprint density at radius 3 is 2.36 bits per heavy atom. The molecule has 45 heavy (non-hydrogen) atoms. The van der Waals surface area contributed by atoms with Gasteiger partial charge in [-0.3, -0.25) is 14.3 Å². The maximum atomic E-state index is 14.0. The lowest BCUT2D eigenvalue weighted by Crippen LogP contribution is -2.45. The molecule has 248 valence electrons. The molecule has 2 fully saturated rings. The molecule has 4 heterocycles. The molecule has 0 radical (unpaired) electrons. The zero-order valence-corrected chi connectivity index (χ0v) is 27.1. The van der Waals surface area contributed by atoms with Gasteiger partial charge in [-0.2, -0.15) is 18.3 Å². The Labute approximate surface area is 266 Å². The summed E-state index contributed by atoms with van der Waals surface area (Å²) in [7, 11) is 0. The number of carbonyl (C=O) groups excluding carboxylic acids is 2. The lowest BCUT2D eigenvalue weighted by Gasteiger charge is -2.38. The monoisotopic (exact) mass is 651 g/mol. The Morgan fingerprint density at radius 1 is 1.04 bits per heavy atom. The Bertz CT molecular complexity index is 1380. The molecule has 1 unspecified atom stereocenters.